The number of halogens is 1. The fraction of sp³-hybridized carbons (Fsp3) is 0.278. The lowest BCUT2D eigenvalue weighted by molar-refractivity contribution is -0.157. The van der Waals surface area contributed by atoms with Crippen molar-refractivity contribution in [1.82, 2.24) is 4.72 Å². The van der Waals surface area contributed by atoms with Crippen LogP contribution in [0.3, 0.4) is 0 Å². The number of thioether (sulfide) groups is 1. The molecule has 2 aromatic rings. The van der Waals surface area contributed by atoms with Crippen molar-refractivity contribution < 1.29 is 31.8 Å². The summed E-state index contributed by atoms with van der Waals surface area (Å²) >= 11 is 1.41. The Hall–Kier alpha value is -2.30. The fourth-order valence-electron chi connectivity index (χ4n) is 2.06. The first-order valence-corrected chi connectivity index (χ1v) is 10.6. The van der Waals surface area contributed by atoms with Crippen molar-refractivity contribution in [2.75, 3.05) is 26.5 Å². The molecule has 0 aliphatic carbocycles. The molecule has 0 saturated heterocycles. The predicted molar refractivity (Wildman–Crippen MR) is 103 cm³/mol. The number of hydrogen-bond donors (Lipinski definition) is 1. The van der Waals surface area contributed by atoms with E-state index in [1.807, 2.05) is 0 Å². The highest BCUT2D eigenvalue weighted by atomic mass is 32.2. The first kappa shape index (κ1) is 22.0. The summed E-state index contributed by atoms with van der Waals surface area (Å²) < 4.78 is 54.4. The molecule has 0 saturated carbocycles. The van der Waals surface area contributed by atoms with Crippen molar-refractivity contribution in [3.8, 4) is 11.5 Å². The van der Waals surface area contributed by atoms with Crippen molar-refractivity contribution in [3.05, 3.63) is 48.5 Å². The summed E-state index contributed by atoms with van der Waals surface area (Å²) in [4.78, 5) is 12.0. The van der Waals surface area contributed by atoms with Gasteiger partial charge in [-0.1, -0.05) is 0 Å². The zero-order valence-corrected chi connectivity index (χ0v) is 16.9. The van der Waals surface area contributed by atoms with Crippen LogP contribution >= 0.6 is 11.8 Å². The molecule has 0 aliphatic heterocycles. The zero-order valence-electron chi connectivity index (χ0n) is 15.3. The second-order valence-electron chi connectivity index (χ2n) is 5.35. The molecular weight excluding hydrogens is 409 g/mol. The number of hydrogen-bond acceptors (Lipinski definition) is 7. The van der Waals surface area contributed by atoms with Gasteiger partial charge < -0.3 is 14.2 Å². The quantitative estimate of drug-likeness (QED) is 0.353. The van der Waals surface area contributed by atoms with Gasteiger partial charge in [0.05, 0.1) is 19.1 Å². The van der Waals surface area contributed by atoms with E-state index < -0.39 is 22.4 Å². The van der Waals surface area contributed by atoms with Crippen LogP contribution in [-0.2, 0) is 19.6 Å². The normalized spacial score (nSPS) is 12.2. The average molecular weight is 429 g/mol. The number of sulfonamides is 1. The van der Waals surface area contributed by atoms with Crippen molar-refractivity contribution in [3.63, 3.8) is 0 Å². The monoisotopic (exact) mass is 429 g/mol. The molecule has 0 amide bonds. The fourth-order valence-corrected chi connectivity index (χ4v) is 3.99. The highest BCUT2D eigenvalue weighted by molar-refractivity contribution is 7.99. The largest absolute Gasteiger partial charge is 0.497 e. The lowest BCUT2D eigenvalue weighted by atomic mass is 10.3. The highest BCUT2D eigenvalue weighted by Gasteiger charge is 2.19. The van der Waals surface area contributed by atoms with Crippen molar-refractivity contribution in [2.24, 2.45) is 0 Å². The Kier molecular flexibility index (Phi) is 8.09. The lowest BCUT2D eigenvalue weighted by Crippen LogP contribution is -2.26. The summed E-state index contributed by atoms with van der Waals surface area (Å²) in [5, 5.41) is 0. The van der Waals surface area contributed by atoms with Gasteiger partial charge in [0.1, 0.15) is 11.5 Å². The summed E-state index contributed by atoms with van der Waals surface area (Å²) in [5.41, 5.74) is 0. The Balaban J connectivity index is 1.80. The smallest absolute Gasteiger partial charge is 0.380 e. The Morgan fingerprint density at radius 3 is 2.25 bits per heavy atom. The van der Waals surface area contributed by atoms with Crippen LogP contribution < -0.4 is 14.2 Å². The average Bonchev–Trinajstić information content (AvgIpc) is 2.71. The van der Waals surface area contributed by atoms with E-state index in [1.165, 1.54) is 43.1 Å². The van der Waals surface area contributed by atoms with E-state index in [9.17, 15) is 17.6 Å². The summed E-state index contributed by atoms with van der Waals surface area (Å²) in [7, 11) is -1.02. The van der Waals surface area contributed by atoms with Crippen LogP contribution in [0.4, 0.5) is 4.39 Å². The van der Waals surface area contributed by atoms with E-state index in [2.05, 4.69) is 9.46 Å². The first-order chi connectivity index (χ1) is 13.4. The molecule has 0 fully saturated rings. The minimum atomic E-state index is -3.59. The third-order valence-electron chi connectivity index (χ3n) is 3.48. The minimum absolute atomic E-state index is 0.159. The van der Waals surface area contributed by atoms with Gasteiger partial charge in [-0.2, -0.15) is 4.39 Å². The third-order valence-corrected chi connectivity index (χ3v) is 5.97. The van der Waals surface area contributed by atoms with Crippen LogP contribution in [0.5, 0.6) is 11.5 Å². The Bertz CT molecular complexity index is 872. The number of carbonyl (C=O) groups is 1. The minimum Gasteiger partial charge on any atom is -0.497 e. The lowest BCUT2D eigenvalue weighted by Gasteiger charge is -2.10. The van der Waals surface area contributed by atoms with E-state index in [-0.39, 0.29) is 17.2 Å². The molecule has 1 unspecified atom stereocenters. The van der Waals surface area contributed by atoms with Crippen molar-refractivity contribution >= 4 is 27.8 Å². The van der Waals surface area contributed by atoms with Gasteiger partial charge in [0, 0.05) is 17.2 Å². The number of esters is 1. The molecule has 1 N–H and O–H groups in total. The summed E-state index contributed by atoms with van der Waals surface area (Å²) in [6, 6.07) is 12.5. The molecule has 28 heavy (non-hydrogen) atoms. The van der Waals surface area contributed by atoms with Crippen LogP contribution in [0.15, 0.2) is 58.3 Å². The summed E-state index contributed by atoms with van der Waals surface area (Å²) in [6.07, 6.45) is -2.18. The maximum atomic E-state index is 13.4. The van der Waals surface area contributed by atoms with Crippen LogP contribution in [-0.4, -0.2) is 47.3 Å². The second kappa shape index (κ2) is 10.3. The molecule has 0 bridgehead atoms. The zero-order chi connectivity index (χ0) is 20.6. The van der Waals surface area contributed by atoms with E-state index in [1.54, 1.807) is 24.3 Å². The number of ether oxygens (including phenoxy) is 3. The summed E-state index contributed by atoms with van der Waals surface area (Å²) in [6.45, 7) is 0.228. The predicted octanol–water partition coefficient (Wildman–Crippen LogP) is 2.61. The van der Waals surface area contributed by atoms with Gasteiger partial charge >= 0.3 is 12.3 Å². The Morgan fingerprint density at radius 2 is 1.68 bits per heavy atom. The molecule has 152 valence electrons. The molecule has 2 rings (SSSR count). The van der Waals surface area contributed by atoms with Crippen molar-refractivity contribution in [1.29, 1.82) is 0 Å². The molecule has 10 heteroatoms. The topological polar surface area (TPSA) is 90.9 Å². The number of rotatable bonds is 10. The molecule has 0 heterocycles. The second-order valence-corrected chi connectivity index (χ2v) is 8.29. The third kappa shape index (κ3) is 6.39. The Morgan fingerprint density at radius 1 is 1.07 bits per heavy atom. The van der Waals surface area contributed by atoms with Crippen LogP contribution in [0.2, 0.25) is 0 Å². The standard InChI is InChI=1S/C18H20FNO6S2/c1-24-13-5-9-16(10-6-13)28(22,23)20-11-12-27-15-7-3-14(4-8-15)26-17(19)18(21)25-2/h3-10,17,20H,11-12H2,1-2H3. The van der Waals surface area contributed by atoms with Crippen LogP contribution in [0.1, 0.15) is 0 Å². The molecule has 2 aromatic carbocycles. The van der Waals surface area contributed by atoms with Crippen molar-refractivity contribution in [2.45, 2.75) is 16.1 Å². The molecule has 0 radical (unpaired) electrons. The number of benzene rings is 2. The molecule has 7 nitrogen and oxygen atoms in total. The SMILES string of the molecule is COC(=O)C(F)Oc1ccc(SCCNS(=O)(=O)c2ccc(OC)cc2)cc1. The molecule has 0 aromatic heterocycles. The molecular formula is C18H20FNO6S2. The number of alkyl halides is 1. The molecule has 0 spiro atoms. The van der Waals surface area contributed by atoms with E-state index in [0.717, 1.165) is 12.0 Å². The van der Waals surface area contributed by atoms with E-state index >= 15 is 0 Å². The number of methoxy groups -OCH3 is 2. The Labute approximate surface area is 167 Å². The highest BCUT2D eigenvalue weighted by Crippen LogP contribution is 2.22. The van der Waals surface area contributed by atoms with E-state index in [0.29, 0.717) is 11.5 Å². The van der Waals surface area contributed by atoms with Gasteiger partial charge in [-0.3, -0.25) is 0 Å². The van der Waals surface area contributed by atoms with Gasteiger partial charge in [-0.25, -0.2) is 17.9 Å². The maximum Gasteiger partial charge on any atom is 0.380 e. The van der Waals surface area contributed by atoms with Gasteiger partial charge in [-0.15, -0.1) is 11.8 Å². The molecule has 1 atom stereocenters. The van der Waals surface area contributed by atoms with Gasteiger partial charge in [0.2, 0.25) is 10.0 Å². The summed E-state index contributed by atoms with van der Waals surface area (Å²) in [5.74, 6) is 0.140. The van der Waals surface area contributed by atoms with Gasteiger partial charge in [0.25, 0.3) is 0 Å². The van der Waals surface area contributed by atoms with Crippen LogP contribution in [0, 0.1) is 0 Å². The van der Waals surface area contributed by atoms with Gasteiger partial charge in [-0.05, 0) is 48.5 Å². The van der Waals surface area contributed by atoms with E-state index in [4.69, 9.17) is 9.47 Å². The molecule has 0 aliphatic rings. The number of nitrogens with one attached hydrogen (secondary N) is 1. The van der Waals surface area contributed by atoms with Gasteiger partial charge in [0.15, 0.2) is 0 Å². The maximum absolute atomic E-state index is 13.4. The first-order valence-electron chi connectivity index (χ1n) is 8.11. The number of carbonyl (C=O) groups excluding carboxylic acids is 1. The van der Waals surface area contributed by atoms with Crippen LogP contribution in [0.25, 0.3) is 0 Å².